The SMILES string of the molecule is C[C@@H]1CN(c2cnccn2)C[C@H]1C(=O)N1CCOCC1. The van der Waals surface area contributed by atoms with Gasteiger partial charge in [-0.2, -0.15) is 0 Å². The predicted octanol–water partition coefficient (Wildman–Crippen LogP) is 0.408. The molecule has 0 spiro atoms. The first-order valence-electron chi connectivity index (χ1n) is 7.13. The molecule has 0 N–H and O–H groups in total. The number of ether oxygens (including phenoxy) is 1. The number of hydrogen-bond acceptors (Lipinski definition) is 5. The third-order valence-electron chi connectivity index (χ3n) is 4.13. The van der Waals surface area contributed by atoms with Gasteiger partial charge in [0.05, 0.1) is 25.3 Å². The highest BCUT2D eigenvalue weighted by molar-refractivity contribution is 5.80. The number of hydrogen-bond donors (Lipinski definition) is 0. The van der Waals surface area contributed by atoms with Gasteiger partial charge in [0.25, 0.3) is 0 Å². The van der Waals surface area contributed by atoms with Gasteiger partial charge in [-0.15, -0.1) is 0 Å². The van der Waals surface area contributed by atoms with E-state index < -0.39 is 0 Å². The van der Waals surface area contributed by atoms with E-state index in [-0.39, 0.29) is 11.8 Å². The van der Waals surface area contributed by atoms with Gasteiger partial charge >= 0.3 is 0 Å². The number of amides is 1. The first kappa shape index (κ1) is 13.3. The van der Waals surface area contributed by atoms with Crippen molar-refractivity contribution in [1.29, 1.82) is 0 Å². The average molecular weight is 276 g/mol. The highest BCUT2D eigenvalue weighted by Gasteiger charge is 2.37. The van der Waals surface area contributed by atoms with Crippen molar-refractivity contribution in [3.63, 3.8) is 0 Å². The van der Waals surface area contributed by atoms with E-state index in [0.29, 0.717) is 32.2 Å². The maximum atomic E-state index is 12.6. The molecule has 2 fully saturated rings. The smallest absolute Gasteiger partial charge is 0.227 e. The minimum absolute atomic E-state index is 0.0510. The summed E-state index contributed by atoms with van der Waals surface area (Å²) in [5.74, 6) is 1.51. The van der Waals surface area contributed by atoms with Gasteiger partial charge in [-0.05, 0) is 5.92 Å². The number of anilines is 1. The number of rotatable bonds is 2. The van der Waals surface area contributed by atoms with Gasteiger partial charge in [0, 0.05) is 38.6 Å². The van der Waals surface area contributed by atoms with E-state index >= 15 is 0 Å². The molecule has 2 aliphatic rings. The van der Waals surface area contributed by atoms with E-state index in [0.717, 1.165) is 18.9 Å². The molecule has 0 bridgehead atoms. The average Bonchev–Trinajstić information content (AvgIpc) is 2.90. The lowest BCUT2D eigenvalue weighted by atomic mass is 9.96. The fourth-order valence-electron chi connectivity index (χ4n) is 2.95. The molecule has 2 atom stereocenters. The van der Waals surface area contributed by atoms with Gasteiger partial charge in [-0.25, -0.2) is 4.98 Å². The van der Waals surface area contributed by atoms with Crippen LogP contribution >= 0.6 is 0 Å². The van der Waals surface area contributed by atoms with Gasteiger partial charge in [-0.1, -0.05) is 6.92 Å². The van der Waals surface area contributed by atoms with Crippen LogP contribution in [0.1, 0.15) is 6.92 Å². The second kappa shape index (κ2) is 5.75. The fraction of sp³-hybridized carbons (Fsp3) is 0.643. The number of nitrogens with zero attached hydrogens (tertiary/aromatic N) is 4. The van der Waals surface area contributed by atoms with Gasteiger partial charge in [0.1, 0.15) is 5.82 Å². The zero-order chi connectivity index (χ0) is 13.9. The van der Waals surface area contributed by atoms with E-state index in [2.05, 4.69) is 21.8 Å². The number of morpholine rings is 1. The Kier molecular flexibility index (Phi) is 3.82. The minimum atomic E-state index is 0.0510. The Morgan fingerprint density at radius 3 is 2.80 bits per heavy atom. The molecule has 6 heteroatoms. The Balaban J connectivity index is 1.67. The van der Waals surface area contributed by atoms with Crippen LogP contribution < -0.4 is 4.90 Å². The highest BCUT2D eigenvalue weighted by Crippen LogP contribution is 2.28. The second-order valence-electron chi connectivity index (χ2n) is 5.49. The highest BCUT2D eigenvalue weighted by atomic mass is 16.5. The van der Waals surface area contributed by atoms with E-state index in [4.69, 9.17) is 4.74 Å². The first-order chi connectivity index (χ1) is 9.75. The maximum absolute atomic E-state index is 12.6. The fourth-order valence-corrected chi connectivity index (χ4v) is 2.95. The molecular weight excluding hydrogens is 256 g/mol. The Hall–Kier alpha value is -1.69. The zero-order valence-electron chi connectivity index (χ0n) is 11.7. The van der Waals surface area contributed by atoms with Crippen LogP contribution in [0.3, 0.4) is 0 Å². The Morgan fingerprint density at radius 2 is 2.10 bits per heavy atom. The molecule has 2 aliphatic heterocycles. The van der Waals surface area contributed by atoms with Crippen LogP contribution in [-0.4, -0.2) is 60.2 Å². The molecule has 3 rings (SSSR count). The summed E-state index contributed by atoms with van der Waals surface area (Å²) < 4.78 is 5.31. The van der Waals surface area contributed by atoms with Crippen LogP contribution in [0, 0.1) is 11.8 Å². The van der Waals surface area contributed by atoms with Crippen molar-refractivity contribution in [1.82, 2.24) is 14.9 Å². The molecule has 6 nitrogen and oxygen atoms in total. The lowest BCUT2D eigenvalue weighted by molar-refractivity contribution is -0.140. The molecule has 3 heterocycles. The standard InChI is InChI=1S/C14H20N4O2/c1-11-9-18(13-8-15-2-3-16-13)10-12(11)14(19)17-4-6-20-7-5-17/h2-3,8,11-12H,4-7,9-10H2,1H3/t11-,12-/m1/s1. The minimum Gasteiger partial charge on any atom is -0.378 e. The van der Waals surface area contributed by atoms with Crippen molar-refractivity contribution in [3.05, 3.63) is 18.6 Å². The number of carbonyl (C=O) groups excluding carboxylic acids is 1. The summed E-state index contributed by atoms with van der Waals surface area (Å²) in [5.41, 5.74) is 0. The molecule has 0 radical (unpaired) electrons. The van der Waals surface area contributed by atoms with E-state index in [9.17, 15) is 4.79 Å². The van der Waals surface area contributed by atoms with Gasteiger partial charge in [0.15, 0.2) is 0 Å². The summed E-state index contributed by atoms with van der Waals surface area (Å²) in [6.45, 7) is 6.47. The third-order valence-corrected chi connectivity index (χ3v) is 4.13. The summed E-state index contributed by atoms with van der Waals surface area (Å²) in [6.07, 6.45) is 5.12. The lowest BCUT2D eigenvalue weighted by Crippen LogP contribution is -2.45. The quantitative estimate of drug-likeness (QED) is 0.783. The molecule has 0 aromatic carbocycles. The molecule has 0 aliphatic carbocycles. The largest absolute Gasteiger partial charge is 0.378 e. The van der Waals surface area contributed by atoms with Crippen LogP contribution in [0.4, 0.5) is 5.82 Å². The van der Waals surface area contributed by atoms with Crippen LogP contribution in [0.25, 0.3) is 0 Å². The summed E-state index contributed by atoms with van der Waals surface area (Å²) in [7, 11) is 0. The monoisotopic (exact) mass is 276 g/mol. The van der Waals surface area contributed by atoms with Crippen molar-refractivity contribution < 1.29 is 9.53 Å². The second-order valence-corrected chi connectivity index (χ2v) is 5.49. The molecule has 0 saturated carbocycles. The van der Waals surface area contributed by atoms with Crippen molar-refractivity contribution in [3.8, 4) is 0 Å². The summed E-state index contributed by atoms with van der Waals surface area (Å²) >= 11 is 0. The molecule has 1 amide bonds. The summed E-state index contributed by atoms with van der Waals surface area (Å²) in [5, 5.41) is 0. The van der Waals surface area contributed by atoms with Crippen LogP contribution in [-0.2, 0) is 9.53 Å². The Labute approximate surface area is 118 Å². The summed E-state index contributed by atoms with van der Waals surface area (Å²) in [6, 6.07) is 0. The topological polar surface area (TPSA) is 58.6 Å². The van der Waals surface area contributed by atoms with Crippen LogP contribution in [0.2, 0.25) is 0 Å². The molecule has 2 saturated heterocycles. The van der Waals surface area contributed by atoms with E-state index in [1.807, 2.05) is 4.90 Å². The van der Waals surface area contributed by atoms with Crippen molar-refractivity contribution in [2.24, 2.45) is 11.8 Å². The van der Waals surface area contributed by atoms with E-state index in [1.165, 1.54) is 0 Å². The molecule has 0 unspecified atom stereocenters. The van der Waals surface area contributed by atoms with Crippen LogP contribution in [0.15, 0.2) is 18.6 Å². The molecular formula is C14H20N4O2. The van der Waals surface area contributed by atoms with Gasteiger partial charge in [0.2, 0.25) is 5.91 Å². The lowest BCUT2D eigenvalue weighted by Gasteiger charge is -2.30. The zero-order valence-corrected chi connectivity index (χ0v) is 11.7. The number of aromatic nitrogens is 2. The summed E-state index contributed by atoms with van der Waals surface area (Å²) in [4.78, 5) is 25.1. The molecule has 20 heavy (non-hydrogen) atoms. The van der Waals surface area contributed by atoms with Crippen molar-refractivity contribution in [2.75, 3.05) is 44.3 Å². The Bertz CT molecular complexity index is 462. The molecule has 1 aromatic rings. The number of carbonyl (C=O) groups is 1. The first-order valence-corrected chi connectivity index (χ1v) is 7.13. The molecule has 108 valence electrons. The Morgan fingerprint density at radius 1 is 1.30 bits per heavy atom. The van der Waals surface area contributed by atoms with Crippen LogP contribution in [0.5, 0.6) is 0 Å². The van der Waals surface area contributed by atoms with Crippen molar-refractivity contribution in [2.45, 2.75) is 6.92 Å². The van der Waals surface area contributed by atoms with Gasteiger partial charge in [-0.3, -0.25) is 9.78 Å². The maximum Gasteiger partial charge on any atom is 0.227 e. The third kappa shape index (κ3) is 2.60. The normalized spacial score (nSPS) is 26.9. The molecule has 1 aromatic heterocycles. The van der Waals surface area contributed by atoms with Gasteiger partial charge < -0.3 is 14.5 Å². The van der Waals surface area contributed by atoms with Crippen molar-refractivity contribution >= 4 is 11.7 Å². The van der Waals surface area contributed by atoms with E-state index in [1.54, 1.807) is 18.6 Å². The predicted molar refractivity (Wildman–Crippen MR) is 74.3 cm³/mol.